The summed E-state index contributed by atoms with van der Waals surface area (Å²) in [7, 11) is -3.75. The zero-order valence-corrected chi connectivity index (χ0v) is 14.0. The van der Waals surface area contributed by atoms with Crippen LogP contribution < -0.4 is 14.8 Å². The van der Waals surface area contributed by atoms with Crippen molar-refractivity contribution in [2.75, 3.05) is 16.6 Å². The Bertz CT molecular complexity index is 861. The number of aryl methyl sites for hydroxylation is 1. The third-order valence-corrected chi connectivity index (χ3v) is 5.12. The third kappa shape index (κ3) is 3.51. The summed E-state index contributed by atoms with van der Waals surface area (Å²) in [5.41, 5.74) is 1.98. The molecule has 0 radical (unpaired) electrons. The normalized spacial score (nSPS) is 14.1. The van der Waals surface area contributed by atoms with Crippen LogP contribution in [0.15, 0.2) is 47.4 Å². The van der Waals surface area contributed by atoms with Crippen LogP contribution in [0.4, 0.5) is 11.4 Å². The first-order valence-electron chi connectivity index (χ1n) is 7.66. The van der Waals surface area contributed by atoms with E-state index in [0.717, 1.165) is 12.0 Å². The average molecular weight is 346 g/mol. The molecule has 0 bridgehead atoms. The van der Waals surface area contributed by atoms with Gasteiger partial charge in [-0.1, -0.05) is 19.1 Å². The predicted molar refractivity (Wildman–Crippen MR) is 91.8 cm³/mol. The Morgan fingerprint density at radius 3 is 2.62 bits per heavy atom. The molecule has 0 spiro atoms. The van der Waals surface area contributed by atoms with Crippen molar-refractivity contribution in [3.8, 4) is 5.75 Å². The lowest BCUT2D eigenvalue weighted by Gasteiger charge is -2.12. The molecule has 0 aromatic heterocycles. The third-order valence-electron chi connectivity index (χ3n) is 3.74. The first-order chi connectivity index (χ1) is 11.5. The maximum atomic E-state index is 12.5. The SMILES string of the molecule is CCc1ccc(NS(=O)(=O)c2ccc3c(c2)NC(=O)CCO3)cc1. The number of nitrogens with one attached hydrogen (secondary N) is 2. The van der Waals surface area contributed by atoms with Gasteiger partial charge in [0.1, 0.15) is 5.75 Å². The summed E-state index contributed by atoms with van der Waals surface area (Å²) in [6, 6.07) is 11.6. The molecule has 0 saturated carbocycles. The number of carbonyl (C=O) groups is 1. The van der Waals surface area contributed by atoms with Crippen molar-refractivity contribution in [1.29, 1.82) is 0 Å². The molecule has 0 fully saturated rings. The van der Waals surface area contributed by atoms with Crippen LogP contribution in [0.25, 0.3) is 0 Å². The molecule has 1 aliphatic rings. The molecule has 0 saturated heterocycles. The van der Waals surface area contributed by atoms with Crippen molar-refractivity contribution in [2.45, 2.75) is 24.7 Å². The molecule has 0 unspecified atom stereocenters. The molecular weight excluding hydrogens is 328 g/mol. The summed E-state index contributed by atoms with van der Waals surface area (Å²) < 4.78 is 33.1. The number of ether oxygens (including phenoxy) is 1. The van der Waals surface area contributed by atoms with Gasteiger partial charge in [-0.15, -0.1) is 0 Å². The van der Waals surface area contributed by atoms with Gasteiger partial charge >= 0.3 is 0 Å². The molecule has 7 heteroatoms. The molecule has 2 N–H and O–H groups in total. The number of rotatable bonds is 4. The second kappa shape index (κ2) is 6.52. The van der Waals surface area contributed by atoms with Crippen LogP contribution in [0.5, 0.6) is 5.75 Å². The Balaban J connectivity index is 1.87. The Hall–Kier alpha value is -2.54. The largest absolute Gasteiger partial charge is 0.491 e. The fourth-order valence-electron chi connectivity index (χ4n) is 2.39. The standard InChI is InChI=1S/C17H18N2O4S/c1-2-12-3-5-13(6-4-12)19-24(21,22)14-7-8-16-15(11-14)18-17(20)9-10-23-16/h3-8,11,19H,2,9-10H2,1H3,(H,18,20). The van der Waals surface area contributed by atoms with E-state index in [9.17, 15) is 13.2 Å². The van der Waals surface area contributed by atoms with Crippen LogP contribution in [0, 0.1) is 0 Å². The van der Waals surface area contributed by atoms with E-state index < -0.39 is 10.0 Å². The van der Waals surface area contributed by atoms with Gasteiger partial charge in [0.25, 0.3) is 10.0 Å². The summed E-state index contributed by atoms with van der Waals surface area (Å²) in [5, 5.41) is 2.66. The summed E-state index contributed by atoms with van der Waals surface area (Å²) in [6.07, 6.45) is 1.12. The first kappa shape index (κ1) is 16.3. The number of amides is 1. The van der Waals surface area contributed by atoms with E-state index in [4.69, 9.17) is 4.74 Å². The van der Waals surface area contributed by atoms with Crippen LogP contribution in [0.1, 0.15) is 18.9 Å². The fourth-order valence-corrected chi connectivity index (χ4v) is 3.47. The number of fused-ring (bicyclic) bond motifs is 1. The average Bonchev–Trinajstić information content (AvgIpc) is 2.75. The van der Waals surface area contributed by atoms with Gasteiger partial charge in [-0.05, 0) is 42.3 Å². The molecule has 2 aromatic rings. The molecule has 126 valence electrons. The zero-order valence-electron chi connectivity index (χ0n) is 13.2. The molecule has 0 aliphatic carbocycles. The van der Waals surface area contributed by atoms with E-state index in [1.54, 1.807) is 18.2 Å². The Morgan fingerprint density at radius 1 is 1.17 bits per heavy atom. The van der Waals surface area contributed by atoms with E-state index in [1.165, 1.54) is 12.1 Å². The van der Waals surface area contributed by atoms with E-state index >= 15 is 0 Å². The summed E-state index contributed by atoms with van der Waals surface area (Å²) >= 11 is 0. The molecule has 1 heterocycles. The second-order valence-electron chi connectivity index (χ2n) is 5.46. The number of anilines is 2. The van der Waals surface area contributed by atoms with Gasteiger partial charge in [0.2, 0.25) is 5.91 Å². The number of carbonyl (C=O) groups excluding carboxylic acids is 1. The Kier molecular flexibility index (Phi) is 4.44. The van der Waals surface area contributed by atoms with Crippen LogP contribution >= 0.6 is 0 Å². The van der Waals surface area contributed by atoms with E-state index in [-0.39, 0.29) is 23.8 Å². The van der Waals surface area contributed by atoms with Crippen molar-refractivity contribution < 1.29 is 17.9 Å². The minimum absolute atomic E-state index is 0.0617. The van der Waals surface area contributed by atoms with Gasteiger partial charge in [-0.3, -0.25) is 9.52 Å². The van der Waals surface area contributed by atoms with Crippen LogP contribution in [0.2, 0.25) is 0 Å². The number of benzene rings is 2. The van der Waals surface area contributed by atoms with Crippen molar-refractivity contribution >= 4 is 27.3 Å². The van der Waals surface area contributed by atoms with E-state index in [1.807, 2.05) is 19.1 Å². The van der Waals surface area contributed by atoms with Crippen molar-refractivity contribution in [3.63, 3.8) is 0 Å². The van der Waals surface area contributed by atoms with Crippen molar-refractivity contribution in [2.24, 2.45) is 0 Å². The van der Waals surface area contributed by atoms with Crippen LogP contribution in [0.3, 0.4) is 0 Å². The number of sulfonamides is 1. The number of hydrogen-bond acceptors (Lipinski definition) is 4. The first-order valence-corrected chi connectivity index (χ1v) is 9.15. The minimum atomic E-state index is -3.75. The Morgan fingerprint density at radius 2 is 1.92 bits per heavy atom. The maximum Gasteiger partial charge on any atom is 0.261 e. The smallest absolute Gasteiger partial charge is 0.261 e. The molecule has 6 nitrogen and oxygen atoms in total. The highest BCUT2D eigenvalue weighted by molar-refractivity contribution is 7.92. The van der Waals surface area contributed by atoms with Gasteiger partial charge in [0.15, 0.2) is 0 Å². The maximum absolute atomic E-state index is 12.5. The minimum Gasteiger partial charge on any atom is -0.491 e. The monoisotopic (exact) mass is 346 g/mol. The summed E-state index contributed by atoms with van der Waals surface area (Å²) in [5.74, 6) is 0.263. The van der Waals surface area contributed by atoms with Gasteiger partial charge < -0.3 is 10.1 Å². The van der Waals surface area contributed by atoms with E-state index in [2.05, 4.69) is 10.0 Å². The van der Waals surface area contributed by atoms with Gasteiger partial charge in [-0.2, -0.15) is 0 Å². The zero-order chi connectivity index (χ0) is 17.2. The topological polar surface area (TPSA) is 84.5 Å². The Labute approximate surface area is 140 Å². The van der Waals surface area contributed by atoms with E-state index in [0.29, 0.717) is 17.1 Å². The lowest BCUT2D eigenvalue weighted by molar-refractivity contribution is -0.116. The molecule has 3 rings (SSSR count). The lowest BCUT2D eigenvalue weighted by atomic mass is 10.2. The molecule has 24 heavy (non-hydrogen) atoms. The van der Waals surface area contributed by atoms with Gasteiger partial charge in [-0.25, -0.2) is 8.42 Å². The summed E-state index contributed by atoms with van der Waals surface area (Å²) in [4.78, 5) is 11.7. The molecule has 0 atom stereocenters. The highest BCUT2D eigenvalue weighted by Crippen LogP contribution is 2.30. The van der Waals surface area contributed by atoms with Crippen molar-refractivity contribution in [1.82, 2.24) is 0 Å². The molecule has 2 aromatic carbocycles. The summed E-state index contributed by atoms with van der Waals surface area (Å²) in [6.45, 7) is 2.30. The van der Waals surface area contributed by atoms with Crippen LogP contribution in [-0.4, -0.2) is 20.9 Å². The molecule has 1 amide bonds. The quantitative estimate of drug-likeness (QED) is 0.891. The molecule has 1 aliphatic heterocycles. The number of hydrogen-bond donors (Lipinski definition) is 2. The van der Waals surface area contributed by atoms with Crippen LogP contribution in [-0.2, 0) is 21.2 Å². The predicted octanol–water partition coefficient (Wildman–Crippen LogP) is 2.77. The highest BCUT2D eigenvalue weighted by Gasteiger charge is 2.19. The van der Waals surface area contributed by atoms with Gasteiger partial charge in [0.05, 0.1) is 23.6 Å². The fraction of sp³-hybridized carbons (Fsp3) is 0.235. The molecular formula is C17H18N2O4S. The van der Waals surface area contributed by atoms with Gasteiger partial charge in [0, 0.05) is 5.69 Å². The second-order valence-corrected chi connectivity index (χ2v) is 7.14. The highest BCUT2D eigenvalue weighted by atomic mass is 32.2. The van der Waals surface area contributed by atoms with Crippen molar-refractivity contribution in [3.05, 3.63) is 48.0 Å². The lowest BCUT2D eigenvalue weighted by Crippen LogP contribution is -2.14.